The summed E-state index contributed by atoms with van der Waals surface area (Å²) in [6.45, 7) is 3.77. The number of benzene rings is 1. The zero-order chi connectivity index (χ0) is 15.1. The van der Waals surface area contributed by atoms with Crippen LogP contribution in [0, 0.1) is 0 Å². The normalized spacial score (nSPS) is 22.9. The van der Waals surface area contributed by atoms with E-state index in [-0.39, 0.29) is 0 Å². The lowest BCUT2D eigenvalue weighted by molar-refractivity contribution is -0.884. The summed E-state index contributed by atoms with van der Waals surface area (Å²) < 4.78 is 6.19. The van der Waals surface area contributed by atoms with Gasteiger partial charge in [0, 0.05) is 12.2 Å². The van der Waals surface area contributed by atoms with Crippen molar-refractivity contribution < 1.29 is 13.7 Å². The van der Waals surface area contributed by atoms with Gasteiger partial charge in [-0.05, 0) is 18.5 Å². The van der Waals surface area contributed by atoms with Crippen LogP contribution in [0.5, 0.6) is 0 Å². The topological polar surface area (TPSA) is 32.3 Å². The summed E-state index contributed by atoms with van der Waals surface area (Å²) >= 11 is 0. The highest BCUT2D eigenvalue weighted by Crippen LogP contribution is 2.19. The van der Waals surface area contributed by atoms with Crippen molar-refractivity contribution in [1.82, 2.24) is 0 Å². The summed E-state index contributed by atoms with van der Waals surface area (Å²) in [5.41, 5.74) is 1.40. The molecule has 0 aliphatic carbocycles. The van der Waals surface area contributed by atoms with Crippen molar-refractivity contribution in [2.24, 2.45) is 0 Å². The second-order valence-corrected chi connectivity index (χ2v) is 9.82. The lowest BCUT2D eigenvalue weighted by atomic mass is 10.2. The van der Waals surface area contributed by atoms with Crippen molar-refractivity contribution in [2.75, 3.05) is 27.7 Å². The predicted octanol–water partition coefficient (Wildman–Crippen LogP) is 2.51. The molecule has 2 rings (SSSR count). The van der Waals surface area contributed by atoms with Gasteiger partial charge >= 0.3 is 0 Å². The monoisotopic (exact) mass is 295 g/mol. The van der Waals surface area contributed by atoms with Crippen LogP contribution in [0.4, 0.5) is 0 Å². The van der Waals surface area contributed by atoms with Gasteiger partial charge in [-0.3, -0.25) is 0 Å². The lowest BCUT2D eigenvalue weighted by Gasteiger charge is -2.40. The van der Waals surface area contributed by atoms with Gasteiger partial charge in [0.05, 0.1) is 29.7 Å². The molecule has 1 aliphatic rings. The summed E-state index contributed by atoms with van der Waals surface area (Å²) in [6.07, 6.45) is 2.19. The van der Waals surface area contributed by atoms with Crippen molar-refractivity contribution in [3.8, 4) is 0 Å². The molecule has 114 valence electrons. The first-order valence-electron chi connectivity index (χ1n) is 7.53. The Morgan fingerprint density at radius 1 is 1.15 bits per heavy atom. The maximum absolute atomic E-state index is 11.4. The Kier molecular flexibility index (Phi) is 6.89. The highest BCUT2D eigenvalue weighted by atomic mass is 28.4. The van der Waals surface area contributed by atoms with Gasteiger partial charge in [-0.25, -0.2) is 0 Å². The van der Waals surface area contributed by atoms with E-state index in [1.54, 1.807) is 0 Å². The average Bonchev–Trinajstić information content (AvgIpc) is 2.40. The second-order valence-electron chi connectivity index (χ2n) is 6.50. The van der Waals surface area contributed by atoms with Crippen LogP contribution >= 0.6 is 0 Å². The van der Waals surface area contributed by atoms with E-state index < -0.39 is 8.56 Å². The molecule has 1 aromatic carbocycles. The van der Waals surface area contributed by atoms with Gasteiger partial charge in [-0.15, -0.1) is 0 Å². The predicted molar refractivity (Wildman–Crippen MR) is 84.4 cm³/mol. The number of quaternary nitrogens is 1. The molecule has 1 aliphatic heterocycles. The quantitative estimate of drug-likeness (QED) is 0.634. The standard InChI is InChI=1S/C10H16N.C6H13O2Si/c1-11(2,3)9-10-7-5-4-6-8-10;1-2-9(7)6-4-3-5-8-9/h4-8H,9H2,1-3H3;2-6H2,1H3/q+1;-1. The molecule has 20 heavy (non-hydrogen) atoms. The van der Waals surface area contributed by atoms with E-state index in [1.165, 1.54) is 5.56 Å². The molecule has 1 aromatic rings. The minimum atomic E-state index is -2.36. The molecule has 1 saturated heterocycles. The van der Waals surface area contributed by atoms with Gasteiger partial charge in [0.25, 0.3) is 0 Å². The molecule has 1 unspecified atom stereocenters. The van der Waals surface area contributed by atoms with Gasteiger partial charge in [0.2, 0.25) is 0 Å². The maximum Gasteiger partial charge on any atom is 0.104 e. The van der Waals surface area contributed by atoms with Gasteiger partial charge in [0.1, 0.15) is 6.54 Å². The molecule has 1 fully saturated rings. The summed E-state index contributed by atoms with van der Waals surface area (Å²) in [5.74, 6) is 0. The van der Waals surface area contributed by atoms with Crippen molar-refractivity contribution in [1.29, 1.82) is 0 Å². The molecule has 1 atom stereocenters. The Morgan fingerprint density at radius 2 is 1.80 bits per heavy atom. The highest BCUT2D eigenvalue weighted by Gasteiger charge is 2.20. The molecule has 0 saturated carbocycles. The summed E-state index contributed by atoms with van der Waals surface area (Å²) in [7, 11) is 4.24. The zero-order valence-corrected chi connectivity index (χ0v) is 14.4. The molecule has 0 bridgehead atoms. The van der Waals surface area contributed by atoms with E-state index >= 15 is 0 Å². The molecular weight excluding hydrogens is 266 g/mol. The van der Waals surface area contributed by atoms with Crippen LogP contribution in [0.3, 0.4) is 0 Å². The second kappa shape index (κ2) is 7.93. The Hall–Kier alpha value is -0.683. The minimum Gasteiger partial charge on any atom is -0.838 e. The lowest BCUT2D eigenvalue weighted by Crippen LogP contribution is -2.53. The Balaban J connectivity index is 0.000000204. The van der Waals surface area contributed by atoms with Crippen LogP contribution < -0.4 is 4.80 Å². The maximum atomic E-state index is 11.4. The zero-order valence-electron chi connectivity index (χ0n) is 13.4. The van der Waals surface area contributed by atoms with Crippen LogP contribution in [0.1, 0.15) is 25.3 Å². The molecule has 0 aromatic heterocycles. The third-order valence-electron chi connectivity index (χ3n) is 3.36. The largest absolute Gasteiger partial charge is 0.838 e. The fourth-order valence-corrected chi connectivity index (χ4v) is 4.24. The van der Waals surface area contributed by atoms with E-state index in [1.807, 2.05) is 6.92 Å². The summed E-state index contributed by atoms with van der Waals surface area (Å²) in [5, 5.41) is 0. The summed E-state index contributed by atoms with van der Waals surface area (Å²) in [6, 6.07) is 12.2. The van der Waals surface area contributed by atoms with E-state index in [4.69, 9.17) is 4.43 Å². The van der Waals surface area contributed by atoms with Crippen molar-refractivity contribution in [3.05, 3.63) is 35.9 Å². The third-order valence-corrected chi connectivity index (χ3v) is 6.28. The number of nitrogens with zero attached hydrogens (tertiary/aromatic N) is 1. The Labute approximate surface area is 125 Å². The van der Waals surface area contributed by atoms with Crippen molar-refractivity contribution >= 4 is 8.56 Å². The molecule has 0 amide bonds. The first-order chi connectivity index (χ1) is 9.35. The Bertz CT molecular complexity index is 370. The van der Waals surface area contributed by atoms with Crippen LogP contribution in [-0.4, -0.2) is 40.8 Å². The van der Waals surface area contributed by atoms with Crippen LogP contribution in [0.25, 0.3) is 0 Å². The van der Waals surface area contributed by atoms with Crippen molar-refractivity contribution in [3.63, 3.8) is 0 Å². The highest BCUT2D eigenvalue weighted by molar-refractivity contribution is 6.64. The van der Waals surface area contributed by atoms with Crippen LogP contribution in [-0.2, 0) is 11.0 Å². The minimum absolute atomic E-state index is 0.726. The SMILES string of the molecule is CC[Si]1([O-])CCCCO1.C[N+](C)(C)Cc1ccccc1. The average molecular weight is 295 g/mol. The number of rotatable bonds is 3. The Morgan fingerprint density at radius 3 is 2.20 bits per heavy atom. The molecular formula is C16H29NO2Si. The van der Waals surface area contributed by atoms with Crippen LogP contribution in [0.15, 0.2) is 30.3 Å². The van der Waals surface area contributed by atoms with E-state index in [9.17, 15) is 4.80 Å². The molecule has 4 heteroatoms. The van der Waals surface area contributed by atoms with E-state index in [0.717, 1.165) is 42.6 Å². The van der Waals surface area contributed by atoms with E-state index in [2.05, 4.69) is 51.5 Å². The molecule has 0 spiro atoms. The molecule has 0 N–H and O–H groups in total. The van der Waals surface area contributed by atoms with Gasteiger partial charge < -0.3 is 13.7 Å². The van der Waals surface area contributed by atoms with E-state index in [0.29, 0.717) is 0 Å². The smallest absolute Gasteiger partial charge is 0.104 e. The van der Waals surface area contributed by atoms with Gasteiger partial charge in [-0.1, -0.05) is 43.7 Å². The number of hydrogen-bond acceptors (Lipinski definition) is 2. The van der Waals surface area contributed by atoms with Gasteiger partial charge in [-0.2, -0.15) is 0 Å². The van der Waals surface area contributed by atoms with Crippen LogP contribution in [0.2, 0.25) is 12.1 Å². The first-order valence-corrected chi connectivity index (χ1v) is 9.76. The molecule has 0 radical (unpaired) electrons. The van der Waals surface area contributed by atoms with Gasteiger partial charge in [0.15, 0.2) is 0 Å². The first kappa shape index (κ1) is 17.4. The molecule has 1 heterocycles. The fraction of sp³-hybridized carbons (Fsp3) is 0.625. The summed E-state index contributed by atoms with van der Waals surface area (Å²) in [4.78, 5) is 11.4. The third kappa shape index (κ3) is 7.19. The molecule has 3 nitrogen and oxygen atoms in total. The number of hydrogen-bond donors (Lipinski definition) is 0. The fourth-order valence-electron chi connectivity index (χ4n) is 2.24. The van der Waals surface area contributed by atoms with Crippen molar-refractivity contribution in [2.45, 2.75) is 38.4 Å².